The van der Waals surface area contributed by atoms with Gasteiger partial charge in [-0.15, -0.1) is 0 Å². The van der Waals surface area contributed by atoms with Crippen molar-refractivity contribution in [3.05, 3.63) is 17.7 Å². The van der Waals surface area contributed by atoms with Crippen LogP contribution in [0.2, 0.25) is 0 Å². The van der Waals surface area contributed by atoms with Crippen molar-refractivity contribution in [2.24, 2.45) is 0 Å². The van der Waals surface area contributed by atoms with Gasteiger partial charge in [-0.1, -0.05) is 0 Å². The van der Waals surface area contributed by atoms with E-state index in [0.29, 0.717) is 31.1 Å². The first kappa shape index (κ1) is 23.4. The van der Waals surface area contributed by atoms with Gasteiger partial charge >= 0.3 is 12.3 Å². The average molecular weight is 445 g/mol. The second kappa shape index (κ2) is 8.68. The van der Waals surface area contributed by atoms with Crippen molar-refractivity contribution in [2.45, 2.75) is 77.5 Å². The van der Waals surface area contributed by atoms with Gasteiger partial charge in [0.1, 0.15) is 11.5 Å². The van der Waals surface area contributed by atoms with Gasteiger partial charge in [0.25, 0.3) is 5.91 Å². The fourth-order valence-electron chi connectivity index (χ4n) is 3.76. The standard InChI is InChI=1S/C20H30F3N5O3/c1-13(2)27-9-10-28-11-15(24-16(28)12-27)17(29)25-19(4)5-7-26(8-6-19)18(30)31-14(3)20(21,22)23/h11,13-14H,5-10,12H2,1-4H3,(H,25,29). The smallest absolute Gasteiger partial charge is 0.425 e. The van der Waals surface area contributed by atoms with Gasteiger partial charge in [0.05, 0.1) is 6.54 Å². The van der Waals surface area contributed by atoms with E-state index >= 15 is 0 Å². The minimum Gasteiger partial charge on any atom is -0.437 e. The maximum absolute atomic E-state index is 12.8. The lowest BCUT2D eigenvalue weighted by atomic mass is 9.89. The highest BCUT2D eigenvalue weighted by Crippen LogP contribution is 2.26. The van der Waals surface area contributed by atoms with E-state index in [9.17, 15) is 22.8 Å². The zero-order valence-corrected chi connectivity index (χ0v) is 18.3. The molecule has 1 aromatic heterocycles. The molecule has 8 nitrogen and oxygen atoms in total. The summed E-state index contributed by atoms with van der Waals surface area (Å²) in [5, 5.41) is 2.99. The molecule has 3 heterocycles. The Balaban J connectivity index is 1.55. The van der Waals surface area contributed by atoms with Crippen molar-refractivity contribution in [2.75, 3.05) is 19.6 Å². The Morgan fingerprint density at radius 1 is 1.16 bits per heavy atom. The summed E-state index contributed by atoms with van der Waals surface area (Å²) in [6, 6.07) is 0.401. The van der Waals surface area contributed by atoms with Crippen LogP contribution in [0.5, 0.6) is 0 Å². The Labute approximate surface area is 179 Å². The number of imidazole rings is 1. The Morgan fingerprint density at radius 2 is 1.81 bits per heavy atom. The molecule has 0 aromatic carbocycles. The molecule has 2 aliphatic rings. The quantitative estimate of drug-likeness (QED) is 0.771. The molecule has 2 amide bonds. The van der Waals surface area contributed by atoms with E-state index in [0.717, 1.165) is 25.8 Å². The Bertz CT molecular complexity index is 815. The van der Waals surface area contributed by atoms with Crippen LogP contribution in [-0.4, -0.2) is 74.8 Å². The molecule has 0 radical (unpaired) electrons. The third-order valence-corrected chi connectivity index (χ3v) is 6.07. The predicted molar refractivity (Wildman–Crippen MR) is 106 cm³/mol. The van der Waals surface area contributed by atoms with Gasteiger partial charge < -0.3 is 19.5 Å². The third kappa shape index (κ3) is 5.50. The number of ether oxygens (including phenoxy) is 1. The number of alkyl halides is 3. The Kier molecular flexibility index (Phi) is 6.54. The first-order valence-corrected chi connectivity index (χ1v) is 10.5. The number of hydrogen-bond acceptors (Lipinski definition) is 5. The number of nitrogens with one attached hydrogen (secondary N) is 1. The number of halogens is 3. The van der Waals surface area contributed by atoms with E-state index in [2.05, 4.69) is 33.8 Å². The minimum absolute atomic E-state index is 0.198. The summed E-state index contributed by atoms with van der Waals surface area (Å²) in [5.74, 6) is 0.564. The van der Waals surface area contributed by atoms with Crippen molar-refractivity contribution < 1.29 is 27.5 Å². The summed E-state index contributed by atoms with van der Waals surface area (Å²) < 4.78 is 44.3. The molecule has 1 N–H and O–H groups in total. The molecule has 1 fully saturated rings. The fraction of sp³-hybridized carbons (Fsp3) is 0.750. The number of hydrogen-bond donors (Lipinski definition) is 1. The molecule has 0 aliphatic carbocycles. The monoisotopic (exact) mass is 445 g/mol. The number of likely N-dealkylation sites (tertiary alicyclic amines) is 1. The lowest BCUT2D eigenvalue weighted by Gasteiger charge is -2.39. The zero-order valence-electron chi connectivity index (χ0n) is 18.3. The van der Waals surface area contributed by atoms with Crippen molar-refractivity contribution in [1.82, 2.24) is 24.7 Å². The number of aromatic nitrogens is 2. The van der Waals surface area contributed by atoms with Crippen LogP contribution < -0.4 is 5.32 Å². The van der Waals surface area contributed by atoms with Crippen LogP contribution in [-0.2, 0) is 17.8 Å². The number of carbonyl (C=O) groups excluding carboxylic acids is 2. The van der Waals surface area contributed by atoms with E-state index < -0.39 is 23.9 Å². The molecule has 2 aliphatic heterocycles. The van der Waals surface area contributed by atoms with E-state index in [1.54, 1.807) is 6.20 Å². The molecule has 0 bridgehead atoms. The van der Waals surface area contributed by atoms with Crippen LogP contribution in [0.3, 0.4) is 0 Å². The Hall–Kier alpha value is -2.30. The molecule has 0 saturated carbocycles. The molecule has 1 aromatic rings. The van der Waals surface area contributed by atoms with Crippen LogP contribution in [0.15, 0.2) is 6.20 Å². The molecule has 11 heteroatoms. The van der Waals surface area contributed by atoms with Gasteiger partial charge in [-0.25, -0.2) is 9.78 Å². The molecular weight excluding hydrogens is 415 g/mol. The number of amides is 2. The highest BCUT2D eigenvalue weighted by molar-refractivity contribution is 5.92. The first-order chi connectivity index (χ1) is 14.4. The second-order valence-corrected chi connectivity index (χ2v) is 8.87. The normalized spacial score (nSPS) is 20.3. The third-order valence-electron chi connectivity index (χ3n) is 6.07. The number of carbonyl (C=O) groups is 2. The molecule has 31 heavy (non-hydrogen) atoms. The van der Waals surface area contributed by atoms with E-state index in [-0.39, 0.29) is 19.0 Å². The zero-order chi connectivity index (χ0) is 23.0. The lowest BCUT2D eigenvalue weighted by Crippen LogP contribution is -2.54. The highest BCUT2D eigenvalue weighted by Gasteiger charge is 2.41. The number of fused-ring (bicyclic) bond motifs is 1. The van der Waals surface area contributed by atoms with Gasteiger partial charge in [0.15, 0.2) is 6.10 Å². The Morgan fingerprint density at radius 3 is 2.39 bits per heavy atom. The van der Waals surface area contributed by atoms with Crippen LogP contribution >= 0.6 is 0 Å². The van der Waals surface area contributed by atoms with E-state index in [4.69, 9.17) is 0 Å². The SMILES string of the molecule is CC(C)N1CCn2cc(C(=O)NC3(C)CCN(C(=O)OC(C)C(F)(F)F)CC3)nc2C1. The summed E-state index contributed by atoms with van der Waals surface area (Å²) >= 11 is 0. The van der Waals surface area contributed by atoms with Crippen LogP contribution in [0.4, 0.5) is 18.0 Å². The summed E-state index contributed by atoms with van der Waals surface area (Å²) in [7, 11) is 0. The molecular formula is C20H30F3N5O3. The van der Waals surface area contributed by atoms with Gasteiger partial charge in [-0.05, 0) is 40.5 Å². The van der Waals surface area contributed by atoms with Gasteiger partial charge in [0.2, 0.25) is 0 Å². The maximum atomic E-state index is 12.8. The summed E-state index contributed by atoms with van der Waals surface area (Å²) in [6.45, 7) is 9.68. The topological polar surface area (TPSA) is 79.7 Å². The number of rotatable bonds is 4. The highest BCUT2D eigenvalue weighted by atomic mass is 19.4. The molecule has 3 rings (SSSR count). The summed E-state index contributed by atoms with van der Waals surface area (Å²) in [4.78, 5) is 32.8. The summed E-state index contributed by atoms with van der Waals surface area (Å²) in [6.07, 6.45) is -5.17. The van der Waals surface area contributed by atoms with Crippen LogP contribution in [0.1, 0.15) is 56.8 Å². The largest absolute Gasteiger partial charge is 0.437 e. The van der Waals surface area contributed by atoms with Gasteiger partial charge in [0, 0.05) is 44.0 Å². The van der Waals surface area contributed by atoms with Crippen LogP contribution in [0, 0.1) is 0 Å². The van der Waals surface area contributed by atoms with Crippen LogP contribution in [0.25, 0.3) is 0 Å². The molecule has 0 spiro atoms. The van der Waals surface area contributed by atoms with Crippen molar-refractivity contribution in [3.63, 3.8) is 0 Å². The first-order valence-electron chi connectivity index (χ1n) is 10.5. The van der Waals surface area contributed by atoms with Crippen molar-refractivity contribution >= 4 is 12.0 Å². The van der Waals surface area contributed by atoms with Crippen molar-refractivity contribution in [1.29, 1.82) is 0 Å². The predicted octanol–water partition coefficient (Wildman–Crippen LogP) is 2.78. The van der Waals surface area contributed by atoms with E-state index in [1.807, 2.05) is 11.5 Å². The fourth-order valence-corrected chi connectivity index (χ4v) is 3.76. The average Bonchev–Trinajstić information content (AvgIpc) is 3.11. The second-order valence-electron chi connectivity index (χ2n) is 8.87. The summed E-state index contributed by atoms with van der Waals surface area (Å²) in [5.41, 5.74) is -0.236. The molecule has 1 atom stereocenters. The molecule has 1 saturated heterocycles. The van der Waals surface area contributed by atoms with Gasteiger partial charge in [-0.3, -0.25) is 9.69 Å². The number of nitrogens with zero attached hydrogens (tertiary/aromatic N) is 4. The maximum Gasteiger partial charge on any atom is 0.425 e. The number of piperidine rings is 1. The molecule has 1 unspecified atom stereocenters. The lowest BCUT2D eigenvalue weighted by molar-refractivity contribution is -0.200. The molecule has 174 valence electrons. The van der Waals surface area contributed by atoms with Crippen molar-refractivity contribution in [3.8, 4) is 0 Å². The minimum atomic E-state index is -4.59. The van der Waals surface area contributed by atoms with E-state index in [1.165, 1.54) is 4.90 Å². The van der Waals surface area contributed by atoms with Gasteiger partial charge in [-0.2, -0.15) is 13.2 Å².